The quantitative estimate of drug-likeness (QED) is 0.441. The fraction of sp³-hybridized carbons (Fsp3) is 0.211. The average molecular weight is 417 g/mol. The standard InChI is InChI=1S/C19H19N3O6S/c1-13-17(22(23)24)4-3-5-18(13)29(25,26)20-11-10-15-12-28-19(21-15)14-6-8-16(27-2)9-7-14/h3-9,12,20H,10-11H2,1-2H3. The van der Waals surface area contributed by atoms with Crippen molar-refractivity contribution in [2.24, 2.45) is 0 Å². The van der Waals surface area contributed by atoms with Crippen molar-refractivity contribution in [1.82, 2.24) is 9.71 Å². The van der Waals surface area contributed by atoms with Crippen LogP contribution in [-0.2, 0) is 16.4 Å². The fourth-order valence-electron chi connectivity index (χ4n) is 2.77. The number of hydrogen-bond acceptors (Lipinski definition) is 7. The van der Waals surface area contributed by atoms with Crippen LogP contribution < -0.4 is 9.46 Å². The minimum absolute atomic E-state index is 0.0685. The summed E-state index contributed by atoms with van der Waals surface area (Å²) in [6.45, 7) is 1.48. The second kappa shape index (κ2) is 8.41. The van der Waals surface area contributed by atoms with Gasteiger partial charge in [0.15, 0.2) is 0 Å². The SMILES string of the molecule is COc1ccc(-c2nc(CCNS(=O)(=O)c3cccc([N+](=O)[O-])c3C)co2)cc1. The highest BCUT2D eigenvalue weighted by molar-refractivity contribution is 7.89. The van der Waals surface area contributed by atoms with E-state index in [4.69, 9.17) is 9.15 Å². The summed E-state index contributed by atoms with van der Waals surface area (Å²) >= 11 is 0. The number of sulfonamides is 1. The summed E-state index contributed by atoms with van der Waals surface area (Å²) in [5.41, 5.74) is 1.20. The van der Waals surface area contributed by atoms with E-state index in [2.05, 4.69) is 9.71 Å². The van der Waals surface area contributed by atoms with Crippen LogP contribution in [0.2, 0.25) is 0 Å². The molecule has 152 valence electrons. The van der Waals surface area contributed by atoms with Crippen molar-refractivity contribution in [3.8, 4) is 17.2 Å². The van der Waals surface area contributed by atoms with Gasteiger partial charge in [0.2, 0.25) is 15.9 Å². The topological polar surface area (TPSA) is 125 Å². The third-order valence-electron chi connectivity index (χ3n) is 4.30. The lowest BCUT2D eigenvalue weighted by atomic mass is 10.2. The van der Waals surface area contributed by atoms with E-state index in [0.29, 0.717) is 23.8 Å². The third kappa shape index (κ3) is 4.61. The molecule has 1 N–H and O–H groups in total. The Morgan fingerprint density at radius 1 is 1.21 bits per heavy atom. The molecule has 10 heteroatoms. The Bertz CT molecular complexity index is 1120. The minimum Gasteiger partial charge on any atom is -0.497 e. The van der Waals surface area contributed by atoms with Crippen molar-refractivity contribution in [3.05, 3.63) is 70.1 Å². The molecule has 9 nitrogen and oxygen atoms in total. The van der Waals surface area contributed by atoms with E-state index in [1.165, 1.54) is 31.4 Å². The number of nitro benzene ring substituents is 1. The van der Waals surface area contributed by atoms with Crippen LogP contribution >= 0.6 is 0 Å². The molecule has 0 unspecified atom stereocenters. The van der Waals surface area contributed by atoms with Crippen LogP contribution in [0.3, 0.4) is 0 Å². The molecule has 0 aliphatic carbocycles. The van der Waals surface area contributed by atoms with Gasteiger partial charge in [0.05, 0.1) is 22.6 Å². The van der Waals surface area contributed by atoms with Crippen molar-refractivity contribution in [1.29, 1.82) is 0 Å². The first kappa shape index (κ1) is 20.5. The van der Waals surface area contributed by atoms with E-state index < -0.39 is 14.9 Å². The number of hydrogen-bond donors (Lipinski definition) is 1. The molecule has 1 aromatic heterocycles. The lowest BCUT2D eigenvalue weighted by molar-refractivity contribution is -0.385. The minimum atomic E-state index is -3.90. The van der Waals surface area contributed by atoms with Crippen LogP contribution in [0, 0.1) is 17.0 Å². The molecule has 0 amide bonds. The van der Waals surface area contributed by atoms with Crippen molar-refractivity contribution in [3.63, 3.8) is 0 Å². The first-order valence-corrected chi connectivity index (χ1v) is 10.1. The number of nitrogens with zero attached hydrogens (tertiary/aromatic N) is 2. The second-order valence-corrected chi connectivity index (χ2v) is 7.91. The highest BCUT2D eigenvalue weighted by atomic mass is 32.2. The Morgan fingerprint density at radius 2 is 1.93 bits per heavy atom. The van der Waals surface area contributed by atoms with Gasteiger partial charge >= 0.3 is 0 Å². The Kier molecular flexibility index (Phi) is 5.95. The largest absolute Gasteiger partial charge is 0.497 e. The molecule has 0 bridgehead atoms. The molecular formula is C19H19N3O6S. The van der Waals surface area contributed by atoms with E-state index in [0.717, 1.165) is 5.56 Å². The molecule has 0 saturated heterocycles. The number of rotatable bonds is 8. The van der Waals surface area contributed by atoms with E-state index in [1.54, 1.807) is 19.2 Å². The number of benzene rings is 2. The molecule has 0 spiro atoms. The summed E-state index contributed by atoms with van der Waals surface area (Å²) in [6.07, 6.45) is 1.76. The maximum Gasteiger partial charge on any atom is 0.273 e. The lowest BCUT2D eigenvalue weighted by Crippen LogP contribution is -2.26. The molecule has 0 atom stereocenters. The first-order valence-electron chi connectivity index (χ1n) is 8.64. The van der Waals surface area contributed by atoms with Gasteiger partial charge in [-0.25, -0.2) is 18.1 Å². The third-order valence-corrected chi connectivity index (χ3v) is 5.91. The summed E-state index contributed by atoms with van der Waals surface area (Å²) < 4.78 is 38.0. The molecular weight excluding hydrogens is 398 g/mol. The Labute approximate surface area is 167 Å². The number of ether oxygens (including phenoxy) is 1. The second-order valence-electron chi connectivity index (χ2n) is 6.18. The van der Waals surface area contributed by atoms with Crippen molar-refractivity contribution in [2.75, 3.05) is 13.7 Å². The Balaban J connectivity index is 1.66. The van der Waals surface area contributed by atoms with Gasteiger partial charge in [0, 0.05) is 30.2 Å². The fourth-order valence-corrected chi connectivity index (χ4v) is 4.06. The van der Waals surface area contributed by atoms with Gasteiger partial charge in [-0.05, 0) is 37.3 Å². The Morgan fingerprint density at radius 3 is 2.59 bits per heavy atom. The molecule has 2 aromatic carbocycles. The van der Waals surface area contributed by atoms with Crippen LogP contribution in [0.15, 0.2) is 58.0 Å². The van der Waals surface area contributed by atoms with Crippen molar-refractivity contribution < 1.29 is 22.5 Å². The maximum atomic E-state index is 12.5. The number of aromatic nitrogens is 1. The van der Waals surface area contributed by atoms with Crippen LogP contribution in [0.1, 0.15) is 11.3 Å². The van der Waals surface area contributed by atoms with Crippen LogP contribution in [0.25, 0.3) is 11.5 Å². The first-order chi connectivity index (χ1) is 13.8. The summed E-state index contributed by atoms with van der Waals surface area (Å²) in [6, 6.07) is 11.1. The smallest absolute Gasteiger partial charge is 0.273 e. The molecule has 0 fully saturated rings. The molecule has 3 aromatic rings. The summed E-state index contributed by atoms with van der Waals surface area (Å²) in [7, 11) is -2.32. The number of nitrogens with one attached hydrogen (secondary N) is 1. The molecule has 1 heterocycles. The van der Waals surface area contributed by atoms with Crippen LogP contribution in [0.4, 0.5) is 5.69 Å². The van der Waals surface area contributed by atoms with Crippen molar-refractivity contribution >= 4 is 15.7 Å². The predicted molar refractivity (Wildman–Crippen MR) is 105 cm³/mol. The van der Waals surface area contributed by atoms with E-state index in [-0.39, 0.29) is 22.7 Å². The highest BCUT2D eigenvalue weighted by Gasteiger charge is 2.22. The normalized spacial score (nSPS) is 11.4. The Hall–Kier alpha value is -3.24. The van der Waals surface area contributed by atoms with Gasteiger partial charge in [-0.3, -0.25) is 10.1 Å². The average Bonchev–Trinajstić information content (AvgIpc) is 3.16. The van der Waals surface area contributed by atoms with Gasteiger partial charge in [0.25, 0.3) is 5.69 Å². The molecule has 3 rings (SSSR count). The molecule has 0 aliphatic rings. The number of methoxy groups -OCH3 is 1. The van der Waals surface area contributed by atoms with Gasteiger partial charge in [-0.2, -0.15) is 0 Å². The van der Waals surface area contributed by atoms with Gasteiger partial charge < -0.3 is 9.15 Å². The summed E-state index contributed by atoms with van der Waals surface area (Å²) in [5, 5.41) is 11.0. The molecule has 0 radical (unpaired) electrons. The van der Waals surface area contributed by atoms with Crippen LogP contribution in [-0.4, -0.2) is 32.0 Å². The number of nitro groups is 1. The maximum absolute atomic E-state index is 12.5. The van der Waals surface area contributed by atoms with Gasteiger partial charge in [-0.15, -0.1) is 0 Å². The number of oxazole rings is 1. The zero-order chi connectivity index (χ0) is 21.0. The van der Waals surface area contributed by atoms with Crippen LogP contribution in [0.5, 0.6) is 5.75 Å². The lowest BCUT2D eigenvalue weighted by Gasteiger charge is -2.08. The molecule has 0 saturated carbocycles. The van der Waals surface area contributed by atoms with Gasteiger partial charge in [-0.1, -0.05) is 6.07 Å². The van der Waals surface area contributed by atoms with Gasteiger partial charge in [0.1, 0.15) is 12.0 Å². The van der Waals surface area contributed by atoms with E-state index >= 15 is 0 Å². The zero-order valence-corrected chi connectivity index (χ0v) is 16.6. The van der Waals surface area contributed by atoms with E-state index in [1.807, 2.05) is 12.1 Å². The van der Waals surface area contributed by atoms with Crippen molar-refractivity contribution in [2.45, 2.75) is 18.2 Å². The monoisotopic (exact) mass is 417 g/mol. The molecule has 29 heavy (non-hydrogen) atoms. The highest BCUT2D eigenvalue weighted by Crippen LogP contribution is 2.25. The van der Waals surface area contributed by atoms with E-state index in [9.17, 15) is 18.5 Å². The predicted octanol–water partition coefficient (Wildman–Crippen LogP) is 3.09. The summed E-state index contributed by atoms with van der Waals surface area (Å²) in [5.74, 6) is 1.13. The zero-order valence-electron chi connectivity index (χ0n) is 15.8. The molecule has 0 aliphatic heterocycles. The summed E-state index contributed by atoms with van der Waals surface area (Å²) in [4.78, 5) is 14.6.